The van der Waals surface area contributed by atoms with Gasteiger partial charge in [0.2, 0.25) is 0 Å². The fraction of sp³-hybridized carbons (Fsp3) is 0. The van der Waals surface area contributed by atoms with Gasteiger partial charge in [0.25, 0.3) is 0 Å². The van der Waals surface area contributed by atoms with Crippen LogP contribution in [-0.4, -0.2) is 16.4 Å². The number of nitrogens with two attached hydrogens (primary N) is 1. The molecule has 0 radical (unpaired) electrons. The van der Waals surface area contributed by atoms with Crippen LogP contribution in [0.3, 0.4) is 0 Å². The molecule has 0 fully saturated rings. The van der Waals surface area contributed by atoms with Gasteiger partial charge in [0.15, 0.2) is 5.43 Å². The highest BCUT2D eigenvalue weighted by Gasteiger charge is 2.08. The molecule has 0 aromatic carbocycles. The van der Waals surface area contributed by atoms with Gasteiger partial charge in [0.1, 0.15) is 0 Å². The Balaban J connectivity index is 3.05. The van der Waals surface area contributed by atoms with Gasteiger partial charge in [-0.3, -0.25) is 19.0 Å². The van der Waals surface area contributed by atoms with Crippen LogP contribution in [0.5, 0.6) is 0 Å². The molecule has 2 N–H and O–H groups in total. The summed E-state index contributed by atoms with van der Waals surface area (Å²) in [6.07, 6.45) is 2.38. The predicted molar refractivity (Wildman–Crippen MR) is 40.5 cm³/mol. The third-order valence-corrected chi connectivity index (χ3v) is 1.24. The van der Waals surface area contributed by atoms with Crippen LogP contribution >= 0.6 is 0 Å². The average molecular weight is 166 g/mol. The highest BCUT2D eigenvalue weighted by Crippen LogP contribution is 1.83. The fourth-order valence-corrected chi connectivity index (χ4v) is 0.675. The van der Waals surface area contributed by atoms with Gasteiger partial charge in [0.05, 0.1) is 0 Å². The molecule has 1 amide bonds. The molecule has 5 nitrogen and oxygen atoms in total. The second-order valence-corrected chi connectivity index (χ2v) is 2.11. The summed E-state index contributed by atoms with van der Waals surface area (Å²) < 4.78 is 0.948. The minimum atomic E-state index is -1.06. The molecule has 0 aliphatic heterocycles. The molecule has 12 heavy (non-hydrogen) atoms. The Hall–Kier alpha value is -1.91. The fourth-order valence-electron chi connectivity index (χ4n) is 0.675. The van der Waals surface area contributed by atoms with Crippen molar-refractivity contribution >= 4 is 11.8 Å². The Morgan fingerprint density at radius 2 is 1.75 bits per heavy atom. The van der Waals surface area contributed by atoms with Crippen LogP contribution < -0.4 is 11.2 Å². The van der Waals surface area contributed by atoms with Crippen LogP contribution in [0.1, 0.15) is 4.79 Å². The Morgan fingerprint density at radius 3 is 2.17 bits per heavy atom. The predicted octanol–water partition coefficient (Wildman–Crippen LogP) is -1.03. The number of nitrogens with zero attached hydrogens (tertiary/aromatic N) is 1. The topological polar surface area (TPSA) is 82.2 Å². The van der Waals surface area contributed by atoms with Gasteiger partial charge in [-0.25, -0.2) is 0 Å². The van der Waals surface area contributed by atoms with Crippen molar-refractivity contribution in [3.8, 4) is 0 Å². The maximum atomic E-state index is 10.8. The molecule has 0 aliphatic rings. The highest BCUT2D eigenvalue weighted by molar-refractivity contribution is 6.35. The molecule has 1 aromatic heterocycles. The Bertz CT molecular complexity index is 360. The Morgan fingerprint density at radius 1 is 1.25 bits per heavy atom. The molecule has 1 aromatic rings. The first-order chi connectivity index (χ1) is 5.61. The first-order valence-electron chi connectivity index (χ1n) is 3.14. The number of primary amides is 1. The van der Waals surface area contributed by atoms with E-state index in [9.17, 15) is 14.4 Å². The summed E-state index contributed by atoms with van der Waals surface area (Å²) in [7, 11) is 0. The van der Waals surface area contributed by atoms with Crippen molar-refractivity contribution in [2.75, 3.05) is 0 Å². The van der Waals surface area contributed by atoms with Crippen LogP contribution in [0.25, 0.3) is 0 Å². The lowest BCUT2D eigenvalue weighted by Crippen LogP contribution is -2.28. The van der Waals surface area contributed by atoms with Gasteiger partial charge in [-0.15, -0.1) is 0 Å². The minimum absolute atomic E-state index is 0.233. The van der Waals surface area contributed by atoms with E-state index in [4.69, 9.17) is 5.73 Å². The van der Waals surface area contributed by atoms with Crippen molar-refractivity contribution < 1.29 is 9.59 Å². The maximum absolute atomic E-state index is 10.8. The number of rotatable bonds is 0. The molecule has 0 saturated carbocycles. The van der Waals surface area contributed by atoms with Gasteiger partial charge >= 0.3 is 11.8 Å². The second kappa shape index (κ2) is 3.00. The summed E-state index contributed by atoms with van der Waals surface area (Å²) in [6, 6.07) is 2.34. The maximum Gasteiger partial charge on any atom is 0.319 e. The van der Waals surface area contributed by atoms with Crippen molar-refractivity contribution in [2.45, 2.75) is 0 Å². The Kier molecular flexibility index (Phi) is 2.05. The van der Waals surface area contributed by atoms with Crippen LogP contribution in [0, 0.1) is 0 Å². The summed E-state index contributed by atoms with van der Waals surface area (Å²) >= 11 is 0. The standard InChI is InChI=1S/C7H6N2O3/c8-6(11)7(12)9-3-1-5(10)2-4-9/h1-4H,(H2,8,11). The zero-order valence-corrected chi connectivity index (χ0v) is 6.06. The highest BCUT2D eigenvalue weighted by atomic mass is 16.2. The van der Waals surface area contributed by atoms with Crippen LogP contribution in [0.15, 0.2) is 29.3 Å². The van der Waals surface area contributed by atoms with Gasteiger partial charge in [-0.1, -0.05) is 0 Å². The molecular formula is C7H6N2O3. The number of carbonyl (C=O) groups excluding carboxylic acids is 2. The van der Waals surface area contributed by atoms with Crippen LogP contribution in [0.2, 0.25) is 0 Å². The number of pyridine rings is 1. The quantitative estimate of drug-likeness (QED) is 0.500. The van der Waals surface area contributed by atoms with E-state index in [0.29, 0.717) is 0 Å². The van der Waals surface area contributed by atoms with Gasteiger partial charge in [-0.2, -0.15) is 0 Å². The van der Waals surface area contributed by atoms with Gasteiger partial charge in [0, 0.05) is 24.5 Å². The molecule has 0 aliphatic carbocycles. The number of hydrogen-bond acceptors (Lipinski definition) is 3. The normalized spacial score (nSPS) is 9.33. The summed E-state index contributed by atoms with van der Waals surface area (Å²) in [6.45, 7) is 0. The third-order valence-electron chi connectivity index (χ3n) is 1.24. The molecule has 0 bridgehead atoms. The molecule has 0 saturated heterocycles. The lowest BCUT2D eigenvalue weighted by atomic mass is 10.4. The van der Waals surface area contributed by atoms with Crippen molar-refractivity contribution in [1.82, 2.24) is 4.57 Å². The van der Waals surface area contributed by atoms with E-state index in [1.165, 1.54) is 24.5 Å². The molecule has 1 heterocycles. The number of hydrogen-bond donors (Lipinski definition) is 1. The Labute approximate surface area is 67.4 Å². The number of carbonyl (C=O) groups is 2. The zero-order valence-electron chi connectivity index (χ0n) is 6.06. The van der Waals surface area contributed by atoms with E-state index < -0.39 is 11.8 Å². The largest absolute Gasteiger partial charge is 0.361 e. The summed E-state index contributed by atoms with van der Waals surface area (Å²) in [5.74, 6) is -1.92. The molecule has 62 valence electrons. The van der Waals surface area contributed by atoms with E-state index in [-0.39, 0.29) is 5.43 Å². The van der Waals surface area contributed by atoms with Crippen LogP contribution in [-0.2, 0) is 4.79 Å². The third kappa shape index (κ3) is 1.57. The summed E-state index contributed by atoms with van der Waals surface area (Å²) in [4.78, 5) is 31.8. The van der Waals surface area contributed by atoms with E-state index in [1.807, 2.05) is 0 Å². The number of amides is 1. The first kappa shape index (κ1) is 8.19. The average Bonchev–Trinajstić information content (AvgIpc) is 2.04. The molecular weight excluding hydrogens is 160 g/mol. The smallest absolute Gasteiger partial charge is 0.319 e. The lowest BCUT2D eigenvalue weighted by Gasteiger charge is -1.98. The van der Waals surface area contributed by atoms with Crippen molar-refractivity contribution in [3.05, 3.63) is 34.7 Å². The SMILES string of the molecule is NC(=O)C(=O)n1ccc(=O)cc1. The van der Waals surface area contributed by atoms with Crippen LogP contribution in [0.4, 0.5) is 0 Å². The van der Waals surface area contributed by atoms with Crippen molar-refractivity contribution in [2.24, 2.45) is 5.73 Å². The number of aromatic nitrogens is 1. The molecule has 0 unspecified atom stereocenters. The molecule has 0 atom stereocenters. The molecule has 1 rings (SSSR count). The monoisotopic (exact) mass is 166 g/mol. The van der Waals surface area contributed by atoms with E-state index >= 15 is 0 Å². The van der Waals surface area contributed by atoms with Crippen molar-refractivity contribution in [1.29, 1.82) is 0 Å². The lowest BCUT2D eigenvalue weighted by molar-refractivity contribution is -0.114. The molecule has 5 heteroatoms. The van der Waals surface area contributed by atoms with Crippen molar-refractivity contribution in [3.63, 3.8) is 0 Å². The van der Waals surface area contributed by atoms with E-state index in [1.54, 1.807) is 0 Å². The summed E-state index contributed by atoms with van der Waals surface area (Å²) in [5.41, 5.74) is 4.49. The van der Waals surface area contributed by atoms with Gasteiger partial charge < -0.3 is 5.73 Å². The van der Waals surface area contributed by atoms with E-state index in [0.717, 1.165) is 4.57 Å². The second-order valence-electron chi connectivity index (χ2n) is 2.11. The first-order valence-corrected chi connectivity index (χ1v) is 3.14. The zero-order chi connectivity index (χ0) is 9.14. The molecule has 0 spiro atoms. The van der Waals surface area contributed by atoms with Gasteiger partial charge in [-0.05, 0) is 0 Å². The van der Waals surface area contributed by atoms with E-state index in [2.05, 4.69) is 0 Å². The summed E-state index contributed by atoms with van der Waals surface area (Å²) in [5, 5.41) is 0. The minimum Gasteiger partial charge on any atom is -0.361 e.